The quantitative estimate of drug-likeness (QED) is 0.451. The number of benzene rings is 1. The second-order valence-corrected chi connectivity index (χ2v) is 3.08. The first-order chi connectivity index (χ1) is 5.97. The summed E-state index contributed by atoms with van der Waals surface area (Å²) in [4.78, 5) is 5.04. The van der Waals surface area contributed by atoms with Gasteiger partial charge < -0.3 is 4.89 Å². The number of hydrogen-bond acceptors (Lipinski definition) is 3. The van der Waals surface area contributed by atoms with E-state index in [1.54, 1.807) is 0 Å². The van der Waals surface area contributed by atoms with E-state index in [0.717, 1.165) is 17.1 Å². The summed E-state index contributed by atoms with van der Waals surface area (Å²) >= 11 is 1.28. The van der Waals surface area contributed by atoms with Gasteiger partial charge >= 0.3 is 0 Å². The third-order valence-corrected chi connectivity index (χ3v) is 2.05. The van der Waals surface area contributed by atoms with Crippen molar-refractivity contribution in [1.29, 1.82) is 0 Å². The van der Waals surface area contributed by atoms with Crippen LogP contribution in [0, 0.1) is 0 Å². The molecule has 62 valence electrons. The fourth-order valence-corrected chi connectivity index (χ4v) is 1.35. The van der Waals surface area contributed by atoms with E-state index in [9.17, 15) is 0 Å². The first-order valence-electron chi connectivity index (χ1n) is 3.68. The molecule has 1 aromatic carbocycles. The van der Waals surface area contributed by atoms with E-state index in [1.165, 1.54) is 12.0 Å². The lowest BCUT2D eigenvalue weighted by Gasteiger charge is -2.07. The highest BCUT2D eigenvalue weighted by Crippen LogP contribution is 2.23. The topological polar surface area (TPSA) is 18.5 Å². The van der Waals surface area contributed by atoms with Crippen LogP contribution in [0.1, 0.15) is 5.56 Å². The molecule has 1 aliphatic rings. The summed E-state index contributed by atoms with van der Waals surface area (Å²) in [6.07, 6.45) is 4.08. The lowest BCUT2D eigenvalue weighted by molar-refractivity contribution is -0.0778. The van der Waals surface area contributed by atoms with E-state index in [4.69, 9.17) is 9.22 Å². The second-order valence-electron chi connectivity index (χ2n) is 2.38. The van der Waals surface area contributed by atoms with Crippen LogP contribution in [-0.4, -0.2) is 5.75 Å². The number of hydrogen-bond donors (Lipinski definition) is 0. The van der Waals surface area contributed by atoms with Crippen molar-refractivity contribution in [3.8, 4) is 5.75 Å². The van der Waals surface area contributed by atoms with Crippen molar-refractivity contribution in [2.24, 2.45) is 0 Å². The van der Waals surface area contributed by atoms with Gasteiger partial charge in [0.15, 0.2) is 5.75 Å². The molecule has 1 heterocycles. The molecule has 0 N–H and O–H groups in total. The maximum absolute atomic E-state index is 5.04. The molecule has 2 nitrogen and oxygen atoms in total. The molecule has 0 radical (unpaired) electrons. The van der Waals surface area contributed by atoms with Gasteiger partial charge in [0.05, 0.1) is 0 Å². The van der Waals surface area contributed by atoms with E-state index in [0.29, 0.717) is 0 Å². The molecular weight excluding hydrogens is 172 g/mol. The normalized spacial score (nSPS) is 15.7. The average Bonchev–Trinajstić information content (AvgIpc) is 2.06. The van der Waals surface area contributed by atoms with Gasteiger partial charge in [-0.05, 0) is 6.07 Å². The number of rotatable bonds is 0. The van der Waals surface area contributed by atoms with Crippen LogP contribution in [0.4, 0.5) is 0 Å². The Morgan fingerprint density at radius 2 is 2.17 bits per heavy atom. The monoisotopic (exact) mass is 180 g/mol. The Kier molecular flexibility index (Phi) is 2.34. The summed E-state index contributed by atoms with van der Waals surface area (Å²) in [5, 5.41) is 0. The van der Waals surface area contributed by atoms with Crippen molar-refractivity contribution >= 4 is 18.1 Å². The minimum absolute atomic E-state index is 0.765. The highest BCUT2D eigenvalue weighted by molar-refractivity contribution is 7.94. The van der Waals surface area contributed by atoms with Crippen LogP contribution in [0.3, 0.4) is 0 Å². The Morgan fingerprint density at radius 3 is 3.17 bits per heavy atom. The molecule has 3 heteroatoms. The molecule has 0 saturated heterocycles. The summed E-state index contributed by atoms with van der Waals surface area (Å²) in [5.74, 6) is 1.58. The van der Waals surface area contributed by atoms with E-state index in [2.05, 4.69) is 0 Å². The summed E-state index contributed by atoms with van der Waals surface area (Å²) in [6.45, 7) is 0. The highest BCUT2D eigenvalue weighted by Gasteiger charge is 2.02. The summed E-state index contributed by atoms with van der Waals surface area (Å²) in [5.41, 5.74) is 1.05. The largest absolute Gasteiger partial charge is 0.325 e. The first-order valence-corrected chi connectivity index (χ1v) is 4.59. The summed E-state index contributed by atoms with van der Waals surface area (Å²) in [6, 6.07) is 7.76. The predicted octanol–water partition coefficient (Wildman–Crippen LogP) is 2.67. The van der Waals surface area contributed by atoms with Crippen LogP contribution in [0.15, 0.2) is 30.3 Å². The zero-order valence-electron chi connectivity index (χ0n) is 6.40. The molecule has 0 aromatic heterocycles. The van der Waals surface area contributed by atoms with Gasteiger partial charge in [-0.15, -0.1) is 4.33 Å². The molecule has 0 unspecified atom stereocenters. The lowest BCUT2D eigenvalue weighted by Crippen LogP contribution is -1.94. The Balaban J connectivity index is 2.36. The van der Waals surface area contributed by atoms with E-state index >= 15 is 0 Å². The van der Waals surface area contributed by atoms with Crippen molar-refractivity contribution in [2.75, 3.05) is 5.75 Å². The molecule has 0 amide bonds. The lowest BCUT2D eigenvalue weighted by atomic mass is 10.2. The van der Waals surface area contributed by atoms with Crippen LogP contribution in [0.2, 0.25) is 0 Å². The zero-order valence-corrected chi connectivity index (χ0v) is 7.21. The smallest absolute Gasteiger partial charge is 0.173 e. The molecule has 0 fully saturated rings. The second kappa shape index (κ2) is 3.65. The van der Waals surface area contributed by atoms with Crippen LogP contribution in [0.25, 0.3) is 6.08 Å². The maximum atomic E-state index is 5.04. The third kappa shape index (κ3) is 1.62. The minimum atomic E-state index is 0.765. The van der Waals surface area contributed by atoms with Crippen molar-refractivity contribution in [3.63, 3.8) is 0 Å². The average molecular weight is 180 g/mol. The van der Waals surface area contributed by atoms with Crippen LogP contribution < -0.4 is 4.89 Å². The molecule has 0 saturated carbocycles. The summed E-state index contributed by atoms with van der Waals surface area (Å²) in [7, 11) is 0. The van der Waals surface area contributed by atoms with Gasteiger partial charge in [-0.3, -0.25) is 0 Å². The van der Waals surface area contributed by atoms with Crippen molar-refractivity contribution in [1.82, 2.24) is 0 Å². The van der Waals surface area contributed by atoms with Crippen molar-refractivity contribution < 1.29 is 9.22 Å². The fraction of sp³-hybridized carbons (Fsp3) is 0.111. The first kappa shape index (κ1) is 7.71. The molecular formula is C9H8O2S. The molecule has 0 spiro atoms. The highest BCUT2D eigenvalue weighted by atomic mass is 32.2. The molecule has 0 atom stereocenters. The van der Waals surface area contributed by atoms with E-state index in [1.807, 2.05) is 36.4 Å². The van der Waals surface area contributed by atoms with Gasteiger partial charge in [0.25, 0.3) is 0 Å². The third-order valence-electron chi connectivity index (χ3n) is 1.55. The molecule has 1 aromatic rings. The van der Waals surface area contributed by atoms with Gasteiger partial charge in [-0.2, -0.15) is 0 Å². The standard InChI is InChI=1S/C9H8O2S/c1-2-6-9-8(4-1)5-3-7-12-11-10-9/h1-6H,7H2. The Hall–Kier alpha value is -0.930. The molecule has 1 aliphatic heterocycles. The van der Waals surface area contributed by atoms with Crippen molar-refractivity contribution in [3.05, 3.63) is 35.9 Å². The fourth-order valence-electron chi connectivity index (χ4n) is 0.997. The van der Waals surface area contributed by atoms with Gasteiger partial charge in [0, 0.05) is 23.4 Å². The predicted molar refractivity (Wildman–Crippen MR) is 49.6 cm³/mol. The molecule has 0 bridgehead atoms. The van der Waals surface area contributed by atoms with E-state index in [-0.39, 0.29) is 0 Å². The van der Waals surface area contributed by atoms with Gasteiger partial charge in [-0.25, -0.2) is 0 Å². The number of para-hydroxylation sites is 1. The van der Waals surface area contributed by atoms with Gasteiger partial charge in [0.2, 0.25) is 0 Å². The number of fused-ring (bicyclic) bond motifs is 1. The van der Waals surface area contributed by atoms with Gasteiger partial charge in [0.1, 0.15) is 0 Å². The zero-order chi connectivity index (χ0) is 8.23. The van der Waals surface area contributed by atoms with Crippen molar-refractivity contribution in [2.45, 2.75) is 0 Å². The van der Waals surface area contributed by atoms with Crippen LogP contribution in [-0.2, 0) is 4.33 Å². The Labute approximate surface area is 75.3 Å². The van der Waals surface area contributed by atoms with Crippen LogP contribution >= 0.6 is 12.0 Å². The minimum Gasteiger partial charge on any atom is -0.325 e. The Morgan fingerprint density at radius 1 is 1.25 bits per heavy atom. The SMILES string of the molecule is C1=Cc2ccccc2OOSC1. The molecule has 0 aliphatic carbocycles. The van der Waals surface area contributed by atoms with E-state index < -0.39 is 0 Å². The maximum Gasteiger partial charge on any atom is 0.173 e. The van der Waals surface area contributed by atoms with Crippen LogP contribution in [0.5, 0.6) is 5.75 Å². The molecule has 2 rings (SSSR count). The summed E-state index contributed by atoms with van der Waals surface area (Å²) < 4.78 is 4.87. The Bertz CT molecular complexity index is 296. The van der Waals surface area contributed by atoms with Gasteiger partial charge in [-0.1, -0.05) is 30.4 Å². The molecule has 12 heavy (non-hydrogen) atoms.